The molecule has 4 saturated carbocycles. The van der Waals surface area contributed by atoms with E-state index < -0.39 is 201 Å². The zero-order valence-electron chi connectivity index (χ0n) is 48.1. The summed E-state index contributed by atoms with van der Waals surface area (Å²) in [5, 5.41) is 153. The van der Waals surface area contributed by atoms with Gasteiger partial charge in [0.1, 0.15) is 97.7 Å². The molecule has 0 bridgehead atoms. The maximum atomic E-state index is 14.8. The van der Waals surface area contributed by atoms with Gasteiger partial charge in [-0.1, -0.05) is 60.1 Å². The van der Waals surface area contributed by atoms with E-state index in [0.29, 0.717) is 32.1 Å². The van der Waals surface area contributed by atoms with Crippen LogP contribution in [0, 0.1) is 50.2 Å². The van der Waals surface area contributed by atoms with Crippen molar-refractivity contribution in [3.63, 3.8) is 0 Å². The van der Waals surface area contributed by atoms with Crippen molar-refractivity contribution in [2.75, 3.05) is 26.4 Å². The van der Waals surface area contributed by atoms with Crippen LogP contribution in [0.15, 0.2) is 11.6 Å². The second-order valence-electron chi connectivity index (χ2n) is 27.9. The lowest BCUT2D eigenvalue weighted by Crippen LogP contribution is -2.69. The highest BCUT2D eigenvalue weighted by Gasteiger charge is 2.71. The predicted molar refractivity (Wildman–Crippen MR) is 277 cm³/mol. The van der Waals surface area contributed by atoms with Gasteiger partial charge in [-0.25, -0.2) is 0 Å². The first-order valence-corrected chi connectivity index (χ1v) is 29.5. The van der Waals surface area contributed by atoms with Crippen molar-refractivity contribution in [1.29, 1.82) is 0 Å². The lowest BCUT2D eigenvalue weighted by molar-refractivity contribution is -0.394. The van der Waals surface area contributed by atoms with Crippen molar-refractivity contribution in [3.8, 4) is 0 Å². The van der Waals surface area contributed by atoms with E-state index >= 15 is 0 Å². The molecule has 9 fully saturated rings. The van der Waals surface area contributed by atoms with E-state index in [9.17, 15) is 76.3 Å². The minimum absolute atomic E-state index is 0.0323. The first-order chi connectivity index (χ1) is 38.3. The molecule has 82 heavy (non-hydrogen) atoms. The summed E-state index contributed by atoms with van der Waals surface area (Å²) in [6.07, 6.45) is -29.2. The van der Waals surface area contributed by atoms with Gasteiger partial charge in [-0.2, -0.15) is 0 Å². The molecule has 470 valence electrons. The quantitative estimate of drug-likeness (QED) is 0.0588. The highest BCUT2D eigenvalue weighted by molar-refractivity contribution is 5.79. The molecule has 5 heterocycles. The van der Waals surface area contributed by atoms with Gasteiger partial charge < -0.3 is 119 Å². The van der Waals surface area contributed by atoms with E-state index in [2.05, 4.69) is 40.7 Å². The Kier molecular flexibility index (Phi) is 17.8. The highest BCUT2D eigenvalue weighted by Crippen LogP contribution is 2.76. The van der Waals surface area contributed by atoms with Crippen molar-refractivity contribution in [2.45, 2.75) is 261 Å². The smallest absolute Gasteiger partial charge is 0.315 e. The lowest BCUT2D eigenvalue weighted by Gasteiger charge is -2.71. The van der Waals surface area contributed by atoms with E-state index in [0.717, 1.165) is 19.3 Å². The molecule has 5 aliphatic heterocycles. The van der Waals surface area contributed by atoms with Crippen LogP contribution in [0.4, 0.5) is 0 Å². The number of carbonyl (C=O) groups excluding carboxylic acids is 1. The number of aliphatic hydroxyl groups excluding tert-OH is 14. The largest absolute Gasteiger partial charge is 0.432 e. The minimum atomic E-state index is -1.93. The Morgan fingerprint density at radius 2 is 1.13 bits per heavy atom. The van der Waals surface area contributed by atoms with E-state index in [1.54, 1.807) is 6.92 Å². The van der Waals surface area contributed by atoms with Crippen LogP contribution in [0.3, 0.4) is 0 Å². The van der Waals surface area contributed by atoms with Crippen LogP contribution in [0.25, 0.3) is 0 Å². The molecule has 0 aromatic rings. The first-order valence-electron chi connectivity index (χ1n) is 29.5. The van der Waals surface area contributed by atoms with Gasteiger partial charge in [0.05, 0.1) is 50.2 Å². The van der Waals surface area contributed by atoms with E-state index in [1.807, 2.05) is 13.8 Å². The molecule has 0 aromatic carbocycles. The van der Waals surface area contributed by atoms with Crippen LogP contribution in [-0.2, 0) is 52.2 Å². The molecular weight excluding hydrogens is 1080 g/mol. The van der Waals surface area contributed by atoms with Crippen molar-refractivity contribution >= 4 is 5.97 Å². The molecule has 0 unspecified atom stereocenters. The summed E-state index contributed by atoms with van der Waals surface area (Å²) in [6.45, 7) is 14.8. The monoisotopic (exact) mass is 1180 g/mol. The molecule has 0 amide bonds. The normalized spacial score (nSPS) is 54.8. The minimum Gasteiger partial charge on any atom is -0.432 e. The van der Waals surface area contributed by atoms with Gasteiger partial charge in [0, 0.05) is 0 Å². The Bertz CT molecular complexity index is 2290. The molecule has 10 rings (SSSR count). The Balaban J connectivity index is 0.903. The van der Waals surface area contributed by atoms with Gasteiger partial charge >= 0.3 is 5.97 Å². The third-order valence-electron chi connectivity index (χ3n) is 22.3. The second kappa shape index (κ2) is 23.0. The molecule has 0 radical (unpaired) electrons. The van der Waals surface area contributed by atoms with Gasteiger partial charge in [-0.05, 0) is 110 Å². The fraction of sp³-hybridized carbons (Fsp3) is 0.947. The number of hydrogen-bond acceptors (Lipinski definition) is 25. The third kappa shape index (κ3) is 10.5. The number of rotatable bonds is 11. The lowest BCUT2D eigenvalue weighted by atomic mass is 9.33. The summed E-state index contributed by atoms with van der Waals surface area (Å²) in [7, 11) is 0. The van der Waals surface area contributed by atoms with Crippen molar-refractivity contribution in [1.82, 2.24) is 0 Å². The summed E-state index contributed by atoms with van der Waals surface area (Å²) in [6, 6.07) is 0. The number of hydrogen-bond donors (Lipinski definition) is 14. The average Bonchev–Trinajstić information content (AvgIpc) is 1.19. The Hall–Kier alpha value is -1.71. The Morgan fingerprint density at radius 1 is 0.561 bits per heavy atom. The third-order valence-corrected chi connectivity index (χ3v) is 22.3. The van der Waals surface area contributed by atoms with Crippen LogP contribution in [-0.4, -0.2) is 251 Å². The first kappa shape index (κ1) is 63.3. The van der Waals surface area contributed by atoms with Crippen molar-refractivity contribution < 1.29 is 124 Å². The Morgan fingerprint density at radius 3 is 1.77 bits per heavy atom. The zero-order valence-corrected chi connectivity index (χ0v) is 48.1. The highest BCUT2D eigenvalue weighted by atomic mass is 16.8. The predicted octanol–water partition coefficient (Wildman–Crippen LogP) is -2.30. The van der Waals surface area contributed by atoms with E-state index in [1.165, 1.54) is 5.57 Å². The van der Waals surface area contributed by atoms with Crippen molar-refractivity contribution in [2.24, 2.45) is 50.2 Å². The molecule has 0 aromatic heterocycles. The number of aliphatic hydroxyl groups is 14. The van der Waals surface area contributed by atoms with Crippen LogP contribution in [0.5, 0.6) is 0 Å². The topological polar surface area (TPSA) is 393 Å². The van der Waals surface area contributed by atoms with Crippen LogP contribution >= 0.6 is 0 Å². The number of carbonyl (C=O) groups is 1. The van der Waals surface area contributed by atoms with Gasteiger partial charge in [-0.3, -0.25) is 4.79 Å². The van der Waals surface area contributed by atoms with Crippen molar-refractivity contribution in [3.05, 3.63) is 11.6 Å². The molecule has 10 aliphatic rings. The summed E-state index contributed by atoms with van der Waals surface area (Å²) in [5.41, 5.74) is -1.89. The maximum absolute atomic E-state index is 14.8. The van der Waals surface area contributed by atoms with Crippen LogP contribution in [0.1, 0.15) is 113 Å². The standard InChI is InChI=1S/C57H92O25/c1-23-33(62)37(66)41(70)49(76-23)82-51(72)57-15-13-52(2,3)17-25(57)24-9-10-32-54(6)18-26(59)45(53(4,5)31(54)11-12-56(32,8)55(24,7)14-16-57)81-50-44(42(71)43(29(19-58)77-50)79-47-39(68)35(64)28(61)21-74-47)80-48-40(69)36(65)30(22-75-48)78-46-38(67)34(63)27(60)20-73-46/h9,23,25-50,58-71H,10-22H2,1-8H3/t23-,25-,26+,27+,28+,29+,30+,31-,32+,33-,34+,35-,36-,37+,38-,39+,40+,41+,42-,43+,44+,45-,46+,47-,48-,49-,50-,54-,55+,56+,57-/m0/s1. The summed E-state index contributed by atoms with van der Waals surface area (Å²) in [5.74, 6) is -0.742. The number of ether oxygens (including phenoxy) is 10. The average molecular weight is 1180 g/mol. The molecule has 0 spiro atoms. The molecule has 25 heteroatoms. The number of allylic oxidation sites excluding steroid dienone is 2. The van der Waals surface area contributed by atoms with Gasteiger partial charge in [-0.15, -0.1) is 0 Å². The van der Waals surface area contributed by atoms with Crippen LogP contribution in [0.2, 0.25) is 0 Å². The van der Waals surface area contributed by atoms with Gasteiger partial charge in [0.25, 0.3) is 0 Å². The summed E-state index contributed by atoms with van der Waals surface area (Å²) in [4.78, 5) is 14.8. The molecule has 31 atom stereocenters. The molecule has 14 N–H and O–H groups in total. The number of fused-ring (bicyclic) bond motifs is 7. The van der Waals surface area contributed by atoms with Gasteiger partial charge in [0.15, 0.2) is 25.2 Å². The molecule has 5 saturated heterocycles. The van der Waals surface area contributed by atoms with Gasteiger partial charge in [0.2, 0.25) is 6.29 Å². The van der Waals surface area contributed by atoms with E-state index in [-0.39, 0.29) is 35.0 Å². The Labute approximate surface area is 477 Å². The fourth-order valence-corrected chi connectivity index (χ4v) is 17.2. The van der Waals surface area contributed by atoms with E-state index in [4.69, 9.17) is 47.4 Å². The number of esters is 1. The molecular formula is C57H92O25. The maximum Gasteiger partial charge on any atom is 0.315 e. The zero-order chi connectivity index (χ0) is 59.7. The fourth-order valence-electron chi connectivity index (χ4n) is 17.2. The van der Waals surface area contributed by atoms with Crippen LogP contribution < -0.4 is 0 Å². The molecule has 5 aliphatic carbocycles. The second-order valence-corrected chi connectivity index (χ2v) is 27.9. The summed E-state index contributed by atoms with van der Waals surface area (Å²) >= 11 is 0. The molecule has 25 nitrogen and oxygen atoms in total. The summed E-state index contributed by atoms with van der Waals surface area (Å²) < 4.78 is 59.8. The SMILES string of the molecule is C[C@@H]1O[C@@H](OC(=O)[C@]23CCC(C)(C)C[C@H]2C2=CC[C@@H]4[C@@]5(C)C[C@@H](O)[C@H](O[C@@H]6O[C@H](CO)[C@@H](O[C@@H]7OC[C@@H](O)[C@H](O)[C@H]7O)[C@H](O)[C@H]6O[C@@H]6OC[C@@H](O[C@H]7OC[C@@H](O)[C@@H](O)[C@@H]7O)[C@H](O)[C@H]6O)C(C)(C)[C@@H]5CC[C@@]4(C)[C@]2(C)CC3)[C@H](O)[C@H](O)[C@H]1O.